The lowest BCUT2D eigenvalue weighted by Crippen LogP contribution is -3.27. The molecule has 1 aromatic carbocycles. The van der Waals surface area contributed by atoms with Crippen molar-refractivity contribution in [3.8, 4) is 0 Å². The number of fused-ring (bicyclic) bond motifs is 3. The first-order valence-corrected chi connectivity index (χ1v) is 12.2. The van der Waals surface area contributed by atoms with Gasteiger partial charge in [-0.1, -0.05) is 37.3 Å². The number of piperazine rings is 1. The zero-order valence-corrected chi connectivity index (χ0v) is 18.8. The molecule has 2 atom stereocenters. The van der Waals surface area contributed by atoms with Gasteiger partial charge in [0.25, 0.3) is 5.56 Å². The van der Waals surface area contributed by atoms with Gasteiger partial charge in [-0.25, -0.2) is 4.98 Å². The molecule has 0 bridgehead atoms. The molecule has 158 valence electrons. The minimum atomic E-state index is 0.0710. The third-order valence-corrected chi connectivity index (χ3v) is 8.25. The van der Waals surface area contributed by atoms with Crippen molar-refractivity contribution in [1.82, 2.24) is 9.97 Å². The molecular weight excluding hydrogens is 392 g/mol. The molecule has 5 nitrogen and oxygen atoms in total. The molecule has 2 aliphatic rings. The van der Waals surface area contributed by atoms with Gasteiger partial charge in [-0.15, -0.1) is 11.3 Å². The van der Waals surface area contributed by atoms with Crippen LogP contribution in [-0.4, -0.2) is 36.1 Å². The van der Waals surface area contributed by atoms with E-state index in [1.54, 1.807) is 16.2 Å². The molecule has 0 unspecified atom stereocenters. The number of aromatic amines is 1. The number of H-pyrrole nitrogens is 1. The molecule has 1 aliphatic carbocycles. The zero-order chi connectivity index (χ0) is 20.7. The summed E-state index contributed by atoms with van der Waals surface area (Å²) in [4.78, 5) is 26.6. The summed E-state index contributed by atoms with van der Waals surface area (Å²) >= 11 is 1.75. The van der Waals surface area contributed by atoms with E-state index >= 15 is 0 Å². The van der Waals surface area contributed by atoms with Gasteiger partial charge in [-0.05, 0) is 37.7 Å². The molecule has 1 saturated heterocycles. The fraction of sp³-hybridized carbons (Fsp3) is 0.500. The van der Waals surface area contributed by atoms with Crippen LogP contribution >= 0.6 is 11.3 Å². The second-order valence-electron chi connectivity index (χ2n) is 9.28. The number of hydrogen-bond acceptors (Lipinski definition) is 3. The summed E-state index contributed by atoms with van der Waals surface area (Å²) in [5, 5.41) is 0.866. The molecule has 1 fully saturated rings. The van der Waals surface area contributed by atoms with Gasteiger partial charge >= 0.3 is 0 Å². The molecule has 3 N–H and O–H groups in total. The number of thiophene rings is 1. The second kappa shape index (κ2) is 8.25. The summed E-state index contributed by atoms with van der Waals surface area (Å²) in [6.07, 6.45) is 3.29. The van der Waals surface area contributed by atoms with E-state index in [0.717, 1.165) is 61.6 Å². The van der Waals surface area contributed by atoms with Crippen LogP contribution in [0.1, 0.15) is 48.1 Å². The lowest BCUT2D eigenvalue weighted by molar-refractivity contribution is -1.03. The van der Waals surface area contributed by atoms with E-state index in [9.17, 15) is 4.79 Å². The summed E-state index contributed by atoms with van der Waals surface area (Å²) in [5.41, 5.74) is 2.75. The SMILES string of the molecule is C[C@H]1CCc2c(sc3nc([C@@H](C)[NH+]4CC[NH+](Cc5ccccc5)CC4)[nH]c(=O)c23)C1. The molecule has 30 heavy (non-hydrogen) atoms. The monoisotopic (exact) mass is 424 g/mol. The minimum Gasteiger partial charge on any atom is -0.322 e. The smallest absolute Gasteiger partial charge is 0.260 e. The van der Waals surface area contributed by atoms with Crippen LogP contribution in [0.15, 0.2) is 35.1 Å². The maximum atomic E-state index is 13.0. The summed E-state index contributed by atoms with van der Waals surface area (Å²) in [6, 6.07) is 11.0. The average molecular weight is 425 g/mol. The van der Waals surface area contributed by atoms with Crippen molar-refractivity contribution in [3.05, 3.63) is 62.5 Å². The highest BCUT2D eigenvalue weighted by molar-refractivity contribution is 7.18. The predicted molar refractivity (Wildman–Crippen MR) is 121 cm³/mol. The standard InChI is InChI=1S/C24H30N4OS/c1-16-8-9-19-20(14-16)30-24-21(19)23(29)25-22(26-24)17(2)28-12-10-27(11-13-28)15-18-6-4-3-5-7-18/h3-7,16-17H,8-15H2,1-2H3,(H,25,26,29)/p+2/t16-,17+/m0/s1. The Kier molecular flexibility index (Phi) is 5.48. The summed E-state index contributed by atoms with van der Waals surface area (Å²) in [6.45, 7) is 10.2. The van der Waals surface area contributed by atoms with Crippen LogP contribution in [0.5, 0.6) is 0 Å². The first-order chi connectivity index (χ1) is 14.6. The predicted octanol–water partition coefficient (Wildman–Crippen LogP) is 1.15. The lowest BCUT2D eigenvalue weighted by atomic mass is 9.89. The van der Waals surface area contributed by atoms with Crippen LogP contribution in [0.4, 0.5) is 0 Å². The molecule has 1 aliphatic heterocycles. The summed E-state index contributed by atoms with van der Waals surface area (Å²) < 4.78 is 0. The van der Waals surface area contributed by atoms with Gasteiger partial charge in [-0.3, -0.25) is 4.79 Å². The normalized spacial score (nSPS) is 25.2. The zero-order valence-electron chi connectivity index (χ0n) is 18.0. The van der Waals surface area contributed by atoms with E-state index in [4.69, 9.17) is 4.98 Å². The highest BCUT2D eigenvalue weighted by atomic mass is 32.1. The number of aromatic nitrogens is 2. The van der Waals surface area contributed by atoms with Crippen LogP contribution < -0.4 is 15.4 Å². The molecule has 6 heteroatoms. The fourth-order valence-corrected chi connectivity index (χ4v) is 6.57. The molecule has 0 spiro atoms. The van der Waals surface area contributed by atoms with Crippen LogP contribution in [0.2, 0.25) is 0 Å². The largest absolute Gasteiger partial charge is 0.322 e. The average Bonchev–Trinajstić information content (AvgIpc) is 3.12. The number of quaternary nitrogens is 2. The molecule has 0 radical (unpaired) electrons. The summed E-state index contributed by atoms with van der Waals surface area (Å²) in [5.74, 6) is 1.57. The Bertz CT molecular complexity index is 1080. The molecule has 3 heterocycles. The Labute approximate surface area is 181 Å². The number of nitrogens with one attached hydrogen (secondary N) is 3. The van der Waals surface area contributed by atoms with Crippen LogP contribution in [0.25, 0.3) is 10.2 Å². The molecule has 3 aromatic rings. The van der Waals surface area contributed by atoms with Gasteiger partial charge in [-0.2, -0.15) is 0 Å². The molecular formula is C24H32N4OS+2. The van der Waals surface area contributed by atoms with E-state index in [0.29, 0.717) is 5.92 Å². The van der Waals surface area contributed by atoms with E-state index < -0.39 is 0 Å². The van der Waals surface area contributed by atoms with Crippen LogP contribution in [0.3, 0.4) is 0 Å². The fourth-order valence-electron chi connectivity index (χ4n) is 5.18. The minimum absolute atomic E-state index is 0.0710. The Morgan fingerprint density at radius 3 is 2.73 bits per heavy atom. The van der Waals surface area contributed by atoms with E-state index in [1.165, 1.54) is 27.3 Å². The molecule has 2 aromatic heterocycles. The summed E-state index contributed by atoms with van der Waals surface area (Å²) in [7, 11) is 0. The van der Waals surface area contributed by atoms with E-state index in [1.807, 2.05) is 0 Å². The first kappa shape index (κ1) is 19.9. The highest BCUT2D eigenvalue weighted by Crippen LogP contribution is 2.35. The van der Waals surface area contributed by atoms with Gasteiger partial charge in [0.1, 0.15) is 43.6 Å². The lowest BCUT2D eigenvalue weighted by Gasteiger charge is -2.32. The van der Waals surface area contributed by atoms with Gasteiger partial charge < -0.3 is 14.8 Å². The van der Waals surface area contributed by atoms with Gasteiger partial charge in [0.05, 0.1) is 5.39 Å². The van der Waals surface area contributed by atoms with Crippen molar-refractivity contribution in [2.24, 2.45) is 5.92 Å². The number of benzene rings is 1. The number of nitrogens with zero attached hydrogens (tertiary/aromatic N) is 1. The van der Waals surface area contributed by atoms with Crippen molar-refractivity contribution >= 4 is 21.6 Å². The third-order valence-electron chi connectivity index (χ3n) is 7.10. The Hall–Kier alpha value is -2.02. The number of rotatable bonds is 4. The first-order valence-electron chi connectivity index (χ1n) is 11.3. The van der Waals surface area contributed by atoms with Gasteiger partial charge in [0, 0.05) is 10.4 Å². The Balaban J connectivity index is 1.30. The Morgan fingerprint density at radius 1 is 1.20 bits per heavy atom. The maximum Gasteiger partial charge on any atom is 0.260 e. The number of aryl methyl sites for hydroxylation is 1. The van der Waals surface area contributed by atoms with Crippen LogP contribution in [0, 0.1) is 5.92 Å². The van der Waals surface area contributed by atoms with Crippen molar-refractivity contribution in [2.45, 2.75) is 45.7 Å². The van der Waals surface area contributed by atoms with Crippen molar-refractivity contribution < 1.29 is 9.80 Å². The van der Waals surface area contributed by atoms with Gasteiger partial charge in [0.2, 0.25) is 0 Å². The molecule has 5 rings (SSSR count). The number of hydrogen-bond donors (Lipinski definition) is 3. The Morgan fingerprint density at radius 2 is 1.97 bits per heavy atom. The maximum absolute atomic E-state index is 13.0. The topological polar surface area (TPSA) is 54.6 Å². The highest BCUT2D eigenvalue weighted by Gasteiger charge is 2.30. The molecule has 0 amide bonds. The van der Waals surface area contributed by atoms with Crippen LogP contribution in [-0.2, 0) is 19.4 Å². The van der Waals surface area contributed by atoms with Crippen molar-refractivity contribution in [3.63, 3.8) is 0 Å². The molecule has 0 saturated carbocycles. The van der Waals surface area contributed by atoms with E-state index in [2.05, 4.69) is 49.2 Å². The van der Waals surface area contributed by atoms with E-state index in [-0.39, 0.29) is 11.6 Å². The second-order valence-corrected chi connectivity index (χ2v) is 10.4. The quantitative estimate of drug-likeness (QED) is 0.589. The van der Waals surface area contributed by atoms with Gasteiger partial charge in [0.15, 0.2) is 5.82 Å². The van der Waals surface area contributed by atoms with Crippen molar-refractivity contribution in [1.29, 1.82) is 0 Å². The third kappa shape index (κ3) is 3.84. The van der Waals surface area contributed by atoms with Crippen molar-refractivity contribution in [2.75, 3.05) is 26.2 Å².